The Labute approximate surface area is 98.9 Å². The smallest absolute Gasteiger partial charge is 0.224 e. The van der Waals surface area contributed by atoms with Gasteiger partial charge in [-0.3, -0.25) is 4.79 Å². The van der Waals surface area contributed by atoms with Crippen LogP contribution in [-0.4, -0.2) is 17.6 Å². The number of rotatable bonds is 6. The molecule has 1 aromatic rings. The summed E-state index contributed by atoms with van der Waals surface area (Å²) >= 11 is 0. The molecule has 1 aromatic carbocycles. The van der Waals surface area contributed by atoms with E-state index in [0.717, 1.165) is 0 Å². The van der Waals surface area contributed by atoms with Gasteiger partial charge in [-0.2, -0.15) is 0 Å². The molecule has 0 aliphatic rings. The average molecular weight is 234 g/mol. The Balaban J connectivity index is 2.30. The van der Waals surface area contributed by atoms with Crippen LogP contribution in [0.1, 0.15) is 19.3 Å². The third kappa shape index (κ3) is 4.90. The highest BCUT2D eigenvalue weighted by Gasteiger charge is 2.04. The number of hydrogen-bond donors (Lipinski definition) is 2. The lowest BCUT2D eigenvalue weighted by molar-refractivity contribution is -0.116. The SMILES string of the molecule is [N-]=[N+]=NCCCCC(=O)Nc1ccccc1O. The van der Waals surface area contributed by atoms with Crippen molar-refractivity contribution in [1.29, 1.82) is 0 Å². The second kappa shape index (κ2) is 7.14. The van der Waals surface area contributed by atoms with Gasteiger partial charge in [0.15, 0.2) is 0 Å². The van der Waals surface area contributed by atoms with Crippen molar-refractivity contribution in [2.45, 2.75) is 19.3 Å². The van der Waals surface area contributed by atoms with Gasteiger partial charge in [0.1, 0.15) is 5.75 Å². The minimum Gasteiger partial charge on any atom is -0.506 e. The first-order valence-electron chi connectivity index (χ1n) is 5.32. The number of carbonyl (C=O) groups excluding carboxylic acids is 1. The van der Waals surface area contributed by atoms with Crippen molar-refractivity contribution in [1.82, 2.24) is 0 Å². The number of unbranched alkanes of at least 4 members (excludes halogenated alkanes) is 1. The Morgan fingerprint density at radius 3 is 2.88 bits per heavy atom. The van der Waals surface area contributed by atoms with E-state index in [1.54, 1.807) is 18.2 Å². The Morgan fingerprint density at radius 2 is 2.18 bits per heavy atom. The maximum Gasteiger partial charge on any atom is 0.224 e. The van der Waals surface area contributed by atoms with Gasteiger partial charge in [-0.15, -0.1) is 0 Å². The van der Waals surface area contributed by atoms with Gasteiger partial charge in [0.25, 0.3) is 0 Å². The van der Waals surface area contributed by atoms with Crippen molar-refractivity contribution in [3.05, 3.63) is 34.7 Å². The predicted molar refractivity (Wildman–Crippen MR) is 64.6 cm³/mol. The van der Waals surface area contributed by atoms with E-state index in [2.05, 4.69) is 15.3 Å². The maximum atomic E-state index is 11.5. The minimum atomic E-state index is -0.160. The number of benzene rings is 1. The highest BCUT2D eigenvalue weighted by molar-refractivity contribution is 5.92. The zero-order valence-electron chi connectivity index (χ0n) is 9.33. The van der Waals surface area contributed by atoms with Gasteiger partial charge in [0.05, 0.1) is 5.69 Å². The van der Waals surface area contributed by atoms with Gasteiger partial charge in [0, 0.05) is 17.9 Å². The van der Waals surface area contributed by atoms with Crippen molar-refractivity contribution in [3.63, 3.8) is 0 Å². The first kappa shape index (κ1) is 12.9. The molecule has 0 unspecified atom stereocenters. The van der Waals surface area contributed by atoms with Gasteiger partial charge in [-0.1, -0.05) is 17.2 Å². The van der Waals surface area contributed by atoms with Crippen LogP contribution in [0.3, 0.4) is 0 Å². The Hall–Kier alpha value is -2.20. The summed E-state index contributed by atoms with van der Waals surface area (Å²) in [7, 11) is 0. The summed E-state index contributed by atoms with van der Waals surface area (Å²) in [5.74, 6) is -0.109. The number of carbonyl (C=O) groups is 1. The van der Waals surface area contributed by atoms with Crippen molar-refractivity contribution in [2.75, 3.05) is 11.9 Å². The van der Waals surface area contributed by atoms with Crippen LogP contribution in [0.4, 0.5) is 5.69 Å². The van der Waals surface area contributed by atoms with Gasteiger partial charge < -0.3 is 10.4 Å². The van der Waals surface area contributed by atoms with E-state index in [4.69, 9.17) is 5.53 Å². The van der Waals surface area contributed by atoms with Crippen LogP contribution in [0.15, 0.2) is 29.4 Å². The van der Waals surface area contributed by atoms with E-state index in [9.17, 15) is 9.90 Å². The summed E-state index contributed by atoms with van der Waals surface area (Å²) in [4.78, 5) is 14.1. The van der Waals surface area contributed by atoms with Crippen molar-refractivity contribution >= 4 is 11.6 Å². The fourth-order valence-electron chi connectivity index (χ4n) is 1.30. The maximum absolute atomic E-state index is 11.5. The summed E-state index contributed by atoms with van der Waals surface area (Å²) in [6.45, 7) is 0.403. The number of para-hydroxylation sites is 2. The van der Waals surface area contributed by atoms with Gasteiger partial charge in [-0.05, 0) is 30.5 Å². The third-order valence-electron chi connectivity index (χ3n) is 2.15. The number of hydrogen-bond acceptors (Lipinski definition) is 3. The van der Waals surface area contributed by atoms with Crippen molar-refractivity contribution in [2.24, 2.45) is 5.11 Å². The summed E-state index contributed by atoms with van der Waals surface area (Å²) in [6.07, 6.45) is 1.67. The number of azide groups is 1. The largest absolute Gasteiger partial charge is 0.506 e. The zero-order chi connectivity index (χ0) is 12.5. The van der Waals surface area contributed by atoms with Crippen LogP contribution in [0.5, 0.6) is 5.75 Å². The van der Waals surface area contributed by atoms with Crippen LogP contribution in [0.25, 0.3) is 10.4 Å². The molecule has 1 rings (SSSR count). The topological polar surface area (TPSA) is 98.1 Å². The second-order valence-corrected chi connectivity index (χ2v) is 3.48. The van der Waals surface area contributed by atoms with Crippen molar-refractivity contribution in [3.8, 4) is 5.75 Å². The van der Waals surface area contributed by atoms with Crippen LogP contribution in [0, 0.1) is 0 Å². The van der Waals surface area contributed by atoms with E-state index in [1.807, 2.05) is 0 Å². The molecule has 0 radical (unpaired) electrons. The molecule has 17 heavy (non-hydrogen) atoms. The summed E-state index contributed by atoms with van der Waals surface area (Å²) < 4.78 is 0. The average Bonchev–Trinajstić information content (AvgIpc) is 2.32. The van der Waals surface area contributed by atoms with Crippen LogP contribution in [0.2, 0.25) is 0 Å². The molecular formula is C11H14N4O2. The lowest BCUT2D eigenvalue weighted by Crippen LogP contribution is -2.11. The van der Waals surface area contributed by atoms with E-state index in [1.165, 1.54) is 6.07 Å². The molecule has 0 aromatic heterocycles. The van der Waals surface area contributed by atoms with E-state index < -0.39 is 0 Å². The monoisotopic (exact) mass is 234 g/mol. The van der Waals surface area contributed by atoms with Crippen molar-refractivity contribution < 1.29 is 9.90 Å². The van der Waals surface area contributed by atoms with Crippen LogP contribution >= 0.6 is 0 Å². The molecule has 0 saturated heterocycles. The Kier molecular flexibility index (Phi) is 5.40. The molecule has 0 aliphatic carbocycles. The van der Waals surface area contributed by atoms with Crippen LogP contribution in [-0.2, 0) is 4.79 Å². The number of phenolic OH excluding ortho intramolecular Hbond substituents is 1. The first-order chi connectivity index (χ1) is 8.24. The summed E-state index contributed by atoms with van der Waals surface area (Å²) in [5.41, 5.74) is 8.46. The first-order valence-corrected chi connectivity index (χ1v) is 5.32. The molecule has 0 atom stereocenters. The third-order valence-corrected chi connectivity index (χ3v) is 2.15. The van der Waals surface area contributed by atoms with Gasteiger partial charge >= 0.3 is 0 Å². The fraction of sp³-hybridized carbons (Fsp3) is 0.364. The molecule has 0 fully saturated rings. The Morgan fingerprint density at radius 1 is 1.41 bits per heavy atom. The molecule has 90 valence electrons. The molecule has 2 N–H and O–H groups in total. The van der Waals surface area contributed by atoms with Gasteiger partial charge in [0.2, 0.25) is 5.91 Å². The van der Waals surface area contributed by atoms with Gasteiger partial charge in [-0.25, -0.2) is 0 Å². The molecular weight excluding hydrogens is 220 g/mol. The molecule has 6 nitrogen and oxygen atoms in total. The molecule has 0 spiro atoms. The number of phenols is 1. The summed E-state index contributed by atoms with van der Waals surface area (Å²) in [5, 5.41) is 15.4. The highest BCUT2D eigenvalue weighted by atomic mass is 16.3. The predicted octanol–water partition coefficient (Wildman–Crippen LogP) is 2.81. The number of nitrogens with one attached hydrogen (secondary N) is 1. The molecule has 0 aliphatic heterocycles. The zero-order valence-corrected chi connectivity index (χ0v) is 9.33. The normalized spacial score (nSPS) is 9.41. The molecule has 0 bridgehead atoms. The molecule has 6 heteroatoms. The van der Waals surface area contributed by atoms with E-state index in [-0.39, 0.29) is 11.7 Å². The highest BCUT2D eigenvalue weighted by Crippen LogP contribution is 2.21. The second-order valence-electron chi connectivity index (χ2n) is 3.48. The van der Waals surface area contributed by atoms with E-state index in [0.29, 0.717) is 31.5 Å². The number of nitrogens with zero attached hydrogens (tertiary/aromatic N) is 3. The molecule has 0 heterocycles. The minimum absolute atomic E-state index is 0.0509. The number of amides is 1. The standard InChI is InChI=1S/C11H14N4O2/c12-15-13-8-4-3-7-11(17)14-9-5-1-2-6-10(9)16/h1-2,5-6,16H,3-4,7-8H2,(H,14,17). The van der Waals surface area contributed by atoms with Crippen LogP contribution < -0.4 is 5.32 Å². The lowest BCUT2D eigenvalue weighted by Gasteiger charge is -2.06. The fourth-order valence-corrected chi connectivity index (χ4v) is 1.30. The Bertz CT molecular complexity index is 427. The molecule has 1 amide bonds. The number of aromatic hydroxyl groups is 1. The quantitative estimate of drug-likeness (QED) is 0.260. The molecule has 0 saturated carbocycles. The number of anilines is 1. The summed E-state index contributed by atoms with van der Waals surface area (Å²) in [6, 6.07) is 6.56. The lowest BCUT2D eigenvalue weighted by atomic mass is 10.2. The van der Waals surface area contributed by atoms with E-state index >= 15 is 0 Å².